The lowest BCUT2D eigenvalue weighted by molar-refractivity contribution is -0.138. The highest BCUT2D eigenvalue weighted by molar-refractivity contribution is 5.66. The fraction of sp³-hybridized carbons (Fsp3) is 0.875. The van der Waals surface area contributed by atoms with Gasteiger partial charge in [-0.25, -0.2) is 0 Å². The molecule has 0 aromatic heterocycles. The van der Waals surface area contributed by atoms with Gasteiger partial charge in [0.2, 0.25) is 0 Å². The molecule has 0 amide bonds. The molecule has 5 heteroatoms. The van der Waals surface area contributed by atoms with E-state index in [-0.39, 0.29) is 25.9 Å². The van der Waals surface area contributed by atoms with E-state index in [4.69, 9.17) is 10.2 Å². The van der Waals surface area contributed by atoms with E-state index in [2.05, 4.69) is 0 Å². The molecule has 78 valence electrons. The number of carbonyl (C=O) groups is 1. The van der Waals surface area contributed by atoms with Crippen LogP contribution in [-0.4, -0.2) is 45.2 Å². The molecule has 0 saturated carbocycles. The molecule has 0 aliphatic carbocycles. The second-order valence-corrected chi connectivity index (χ2v) is 2.93. The van der Waals surface area contributed by atoms with E-state index < -0.39 is 18.2 Å². The third kappa shape index (κ3) is 6.51. The van der Waals surface area contributed by atoms with Crippen LogP contribution < -0.4 is 0 Å². The Morgan fingerprint density at radius 3 is 2.15 bits per heavy atom. The van der Waals surface area contributed by atoms with Gasteiger partial charge in [-0.05, 0) is 19.3 Å². The van der Waals surface area contributed by atoms with Gasteiger partial charge in [0.05, 0.1) is 12.2 Å². The predicted molar refractivity (Wildman–Crippen MR) is 45.2 cm³/mol. The molecule has 0 aliphatic heterocycles. The lowest BCUT2D eigenvalue weighted by Gasteiger charge is -2.16. The molecule has 2 unspecified atom stereocenters. The zero-order chi connectivity index (χ0) is 10.3. The van der Waals surface area contributed by atoms with Gasteiger partial charge in [0.25, 0.3) is 0 Å². The minimum Gasteiger partial charge on any atom is -0.481 e. The van der Waals surface area contributed by atoms with E-state index in [1.165, 1.54) is 0 Å². The number of aliphatic carboxylic acids is 1. The van der Waals surface area contributed by atoms with Crippen LogP contribution in [0.5, 0.6) is 0 Å². The highest BCUT2D eigenvalue weighted by atomic mass is 16.4. The van der Waals surface area contributed by atoms with Gasteiger partial charge in [0, 0.05) is 13.0 Å². The molecular formula is C8H16O5. The first-order chi connectivity index (χ1) is 6.07. The summed E-state index contributed by atoms with van der Waals surface area (Å²) >= 11 is 0. The van der Waals surface area contributed by atoms with Crippen molar-refractivity contribution in [1.29, 1.82) is 0 Å². The van der Waals surface area contributed by atoms with Crippen LogP contribution in [0, 0.1) is 0 Å². The highest BCUT2D eigenvalue weighted by Crippen LogP contribution is 2.07. The Bertz CT molecular complexity index is 147. The lowest BCUT2D eigenvalue weighted by atomic mass is 10.0. The maximum absolute atomic E-state index is 10.1. The van der Waals surface area contributed by atoms with Crippen LogP contribution in [0.3, 0.4) is 0 Å². The maximum Gasteiger partial charge on any atom is 0.303 e. The van der Waals surface area contributed by atoms with Crippen molar-refractivity contribution < 1.29 is 25.2 Å². The molecule has 0 aromatic rings. The van der Waals surface area contributed by atoms with Crippen LogP contribution in [0.15, 0.2) is 0 Å². The number of aliphatic hydroxyl groups excluding tert-OH is 3. The van der Waals surface area contributed by atoms with Crippen LogP contribution in [0.1, 0.15) is 25.7 Å². The van der Waals surface area contributed by atoms with Crippen LogP contribution >= 0.6 is 0 Å². The molecule has 0 aromatic carbocycles. The third-order valence-electron chi connectivity index (χ3n) is 1.76. The average molecular weight is 192 g/mol. The highest BCUT2D eigenvalue weighted by Gasteiger charge is 2.16. The van der Waals surface area contributed by atoms with Crippen LogP contribution in [0.4, 0.5) is 0 Å². The number of carboxylic acid groups (broad SMARTS) is 1. The van der Waals surface area contributed by atoms with E-state index in [0.717, 1.165) is 0 Å². The first-order valence-corrected chi connectivity index (χ1v) is 4.26. The second-order valence-electron chi connectivity index (χ2n) is 2.93. The standard InChI is InChI=1S/C8H16O5/c9-5-1-2-6(10)7(11)3-4-8(12)13/h6-7,9-11H,1-5H2,(H,12,13). The zero-order valence-electron chi connectivity index (χ0n) is 7.39. The summed E-state index contributed by atoms with van der Waals surface area (Å²) in [6, 6.07) is 0. The van der Waals surface area contributed by atoms with Crippen LogP contribution in [0.25, 0.3) is 0 Å². The molecule has 0 radical (unpaired) electrons. The van der Waals surface area contributed by atoms with Gasteiger partial charge in [-0.15, -0.1) is 0 Å². The van der Waals surface area contributed by atoms with Gasteiger partial charge >= 0.3 is 5.97 Å². The Hall–Kier alpha value is -0.650. The molecule has 0 aliphatic rings. The number of aliphatic hydroxyl groups is 3. The van der Waals surface area contributed by atoms with Gasteiger partial charge in [-0.3, -0.25) is 4.79 Å². The second kappa shape index (κ2) is 6.82. The van der Waals surface area contributed by atoms with Crippen molar-refractivity contribution >= 4 is 5.97 Å². The molecular weight excluding hydrogens is 176 g/mol. The molecule has 4 N–H and O–H groups in total. The minimum atomic E-state index is -1.01. The van der Waals surface area contributed by atoms with Gasteiger partial charge in [-0.1, -0.05) is 0 Å². The topological polar surface area (TPSA) is 98.0 Å². The summed E-state index contributed by atoms with van der Waals surface area (Å²) in [6.45, 7) is -0.0390. The summed E-state index contributed by atoms with van der Waals surface area (Å²) in [7, 11) is 0. The first kappa shape index (κ1) is 12.3. The van der Waals surface area contributed by atoms with E-state index in [1.54, 1.807) is 0 Å². The van der Waals surface area contributed by atoms with Crippen molar-refractivity contribution in [3.05, 3.63) is 0 Å². The summed E-state index contributed by atoms with van der Waals surface area (Å²) in [4.78, 5) is 10.1. The molecule has 2 atom stereocenters. The smallest absolute Gasteiger partial charge is 0.303 e. The van der Waals surface area contributed by atoms with Gasteiger partial charge in [0.1, 0.15) is 0 Å². The van der Waals surface area contributed by atoms with E-state index >= 15 is 0 Å². The molecule has 0 rings (SSSR count). The van der Waals surface area contributed by atoms with Crippen molar-refractivity contribution in [3.8, 4) is 0 Å². The van der Waals surface area contributed by atoms with Crippen molar-refractivity contribution in [3.63, 3.8) is 0 Å². The van der Waals surface area contributed by atoms with E-state index in [0.29, 0.717) is 6.42 Å². The summed E-state index contributed by atoms with van der Waals surface area (Å²) < 4.78 is 0. The van der Waals surface area contributed by atoms with Crippen molar-refractivity contribution in [2.24, 2.45) is 0 Å². The van der Waals surface area contributed by atoms with Gasteiger partial charge in [-0.2, -0.15) is 0 Å². The quantitative estimate of drug-likeness (QED) is 0.429. The first-order valence-electron chi connectivity index (χ1n) is 4.26. The van der Waals surface area contributed by atoms with Crippen LogP contribution in [-0.2, 0) is 4.79 Å². The Kier molecular flexibility index (Phi) is 6.48. The molecule has 5 nitrogen and oxygen atoms in total. The molecule has 0 spiro atoms. The normalized spacial score (nSPS) is 15.3. The SMILES string of the molecule is O=C(O)CCC(O)C(O)CCCO. The van der Waals surface area contributed by atoms with Crippen molar-refractivity contribution in [1.82, 2.24) is 0 Å². The molecule has 0 heterocycles. The van der Waals surface area contributed by atoms with Crippen molar-refractivity contribution in [2.45, 2.75) is 37.9 Å². The zero-order valence-corrected chi connectivity index (χ0v) is 7.39. The predicted octanol–water partition coefficient (Wildman–Crippen LogP) is -0.655. The summed E-state index contributed by atoms with van der Waals surface area (Å²) in [6.07, 6.45) is -1.36. The summed E-state index contributed by atoms with van der Waals surface area (Å²) in [5.41, 5.74) is 0. The lowest BCUT2D eigenvalue weighted by Crippen LogP contribution is -2.26. The van der Waals surface area contributed by atoms with Gasteiger partial charge < -0.3 is 20.4 Å². The Morgan fingerprint density at radius 2 is 1.69 bits per heavy atom. The Morgan fingerprint density at radius 1 is 1.15 bits per heavy atom. The average Bonchev–Trinajstić information content (AvgIpc) is 2.10. The number of hydrogen-bond acceptors (Lipinski definition) is 4. The largest absolute Gasteiger partial charge is 0.481 e. The molecule has 0 saturated heterocycles. The Balaban J connectivity index is 3.56. The van der Waals surface area contributed by atoms with Crippen molar-refractivity contribution in [2.75, 3.05) is 6.61 Å². The molecule has 0 bridgehead atoms. The molecule has 13 heavy (non-hydrogen) atoms. The number of carboxylic acids is 1. The van der Waals surface area contributed by atoms with E-state index in [9.17, 15) is 15.0 Å². The van der Waals surface area contributed by atoms with Gasteiger partial charge in [0.15, 0.2) is 0 Å². The van der Waals surface area contributed by atoms with Crippen LogP contribution in [0.2, 0.25) is 0 Å². The monoisotopic (exact) mass is 192 g/mol. The third-order valence-corrected chi connectivity index (χ3v) is 1.76. The minimum absolute atomic E-state index is 0.0390. The molecule has 0 fully saturated rings. The summed E-state index contributed by atoms with van der Waals surface area (Å²) in [5.74, 6) is -0.992. The number of rotatable bonds is 7. The Labute approximate surface area is 76.6 Å². The summed E-state index contributed by atoms with van der Waals surface area (Å²) in [5, 5.41) is 35.1. The number of hydrogen-bond donors (Lipinski definition) is 4. The fourth-order valence-corrected chi connectivity index (χ4v) is 0.957. The van der Waals surface area contributed by atoms with E-state index in [1.807, 2.05) is 0 Å². The fourth-order valence-electron chi connectivity index (χ4n) is 0.957. The maximum atomic E-state index is 10.1.